The molecular formula is C15H19NO3S2. The summed E-state index contributed by atoms with van der Waals surface area (Å²) in [6, 6.07) is 11.2. The predicted molar refractivity (Wildman–Crippen MR) is 85.3 cm³/mol. The number of benzene rings is 1. The standard InChI is InChI=1S/C15H19NO3S2/c1-12-5-2-3-6-13(12)9-16-10-14(17)11-21(18,19)15-7-4-8-20-15/h2-8,14,16-17H,9-11H2,1H3. The molecule has 0 amide bonds. The Morgan fingerprint density at radius 2 is 2.00 bits per heavy atom. The Morgan fingerprint density at radius 1 is 1.24 bits per heavy atom. The SMILES string of the molecule is Cc1ccccc1CNCC(O)CS(=O)(=O)c1cccs1. The summed E-state index contributed by atoms with van der Waals surface area (Å²) < 4.78 is 24.3. The van der Waals surface area contributed by atoms with Crippen molar-refractivity contribution in [3.05, 3.63) is 52.9 Å². The van der Waals surface area contributed by atoms with Crippen LogP contribution in [-0.2, 0) is 16.4 Å². The van der Waals surface area contributed by atoms with Crippen LogP contribution in [0.2, 0.25) is 0 Å². The van der Waals surface area contributed by atoms with Gasteiger partial charge in [0.25, 0.3) is 0 Å². The van der Waals surface area contributed by atoms with Gasteiger partial charge in [0, 0.05) is 13.1 Å². The Labute approximate surface area is 129 Å². The Bertz CT molecular complexity index is 666. The third-order valence-electron chi connectivity index (χ3n) is 3.17. The highest BCUT2D eigenvalue weighted by Gasteiger charge is 2.20. The summed E-state index contributed by atoms with van der Waals surface area (Å²) in [5.41, 5.74) is 2.32. The van der Waals surface area contributed by atoms with E-state index in [1.165, 1.54) is 16.9 Å². The average Bonchev–Trinajstić information content (AvgIpc) is 2.95. The Morgan fingerprint density at radius 3 is 2.67 bits per heavy atom. The number of aliphatic hydroxyl groups is 1. The van der Waals surface area contributed by atoms with Gasteiger partial charge in [-0.1, -0.05) is 30.3 Å². The van der Waals surface area contributed by atoms with E-state index in [2.05, 4.69) is 5.32 Å². The van der Waals surface area contributed by atoms with Gasteiger partial charge in [-0.15, -0.1) is 11.3 Å². The second-order valence-electron chi connectivity index (χ2n) is 4.92. The maximum absolute atomic E-state index is 12.0. The van der Waals surface area contributed by atoms with Crippen LogP contribution in [0, 0.1) is 6.92 Å². The molecule has 0 aliphatic rings. The quantitative estimate of drug-likeness (QED) is 0.817. The van der Waals surface area contributed by atoms with Crippen molar-refractivity contribution in [2.75, 3.05) is 12.3 Å². The summed E-state index contributed by atoms with van der Waals surface area (Å²) in [5, 5.41) is 14.7. The highest BCUT2D eigenvalue weighted by atomic mass is 32.2. The lowest BCUT2D eigenvalue weighted by Gasteiger charge is -2.12. The van der Waals surface area contributed by atoms with E-state index in [4.69, 9.17) is 0 Å². The molecule has 1 atom stereocenters. The van der Waals surface area contributed by atoms with Crippen molar-refractivity contribution >= 4 is 21.2 Å². The number of rotatable bonds is 7. The second-order valence-corrected chi connectivity index (χ2v) is 8.13. The van der Waals surface area contributed by atoms with E-state index in [0.717, 1.165) is 5.56 Å². The lowest BCUT2D eigenvalue weighted by Crippen LogP contribution is -2.32. The van der Waals surface area contributed by atoms with E-state index in [-0.39, 0.29) is 12.3 Å². The lowest BCUT2D eigenvalue weighted by molar-refractivity contribution is 0.193. The van der Waals surface area contributed by atoms with Crippen molar-refractivity contribution < 1.29 is 13.5 Å². The summed E-state index contributed by atoms with van der Waals surface area (Å²) in [7, 11) is -3.39. The number of nitrogens with one attached hydrogen (secondary N) is 1. The van der Waals surface area contributed by atoms with Gasteiger partial charge in [-0.3, -0.25) is 0 Å². The monoisotopic (exact) mass is 325 g/mol. The number of aryl methyl sites for hydroxylation is 1. The van der Waals surface area contributed by atoms with Crippen LogP contribution in [0.15, 0.2) is 46.0 Å². The zero-order valence-corrected chi connectivity index (χ0v) is 13.5. The van der Waals surface area contributed by atoms with Gasteiger partial charge in [-0.25, -0.2) is 8.42 Å². The number of hydrogen-bond donors (Lipinski definition) is 2. The Balaban J connectivity index is 1.83. The molecule has 2 aromatic rings. The molecule has 114 valence electrons. The van der Waals surface area contributed by atoms with Crippen molar-refractivity contribution in [3.8, 4) is 0 Å². The highest BCUT2D eigenvalue weighted by Crippen LogP contribution is 2.18. The third-order valence-corrected chi connectivity index (χ3v) is 6.45. The van der Waals surface area contributed by atoms with Crippen LogP contribution in [0.1, 0.15) is 11.1 Å². The minimum Gasteiger partial charge on any atom is -0.391 e. The topological polar surface area (TPSA) is 66.4 Å². The summed E-state index contributed by atoms with van der Waals surface area (Å²) >= 11 is 1.18. The van der Waals surface area contributed by atoms with Gasteiger partial charge in [0.15, 0.2) is 9.84 Å². The van der Waals surface area contributed by atoms with Gasteiger partial charge in [0.05, 0.1) is 11.9 Å². The van der Waals surface area contributed by atoms with Crippen LogP contribution in [-0.4, -0.2) is 31.9 Å². The first-order valence-electron chi connectivity index (χ1n) is 6.68. The Kier molecular flexibility index (Phi) is 5.52. The third kappa shape index (κ3) is 4.64. The van der Waals surface area contributed by atoms with Gasteiger partial charge >= 0.3 is 0 Å². The molecule has 4 nitrogen and oxygen atoms in total. The summed E-state index contributed by atoms with van der Waals surface area (Å²) in [6.07, 6.45) is -0.916. The minimum atomic E-state index is -3.39. The number of aliphatic hydroxyl groups excluding tert-OH is 1. The predicted octanol–water partition coefficient (Wildman–Crippen LogP) is 1.98. The molecule has 1 aromatic carbocycles. The highest BCUT2D eigenvalue weighted by molar-refractivity contribution is 7.93. The van der Waals surface area contributed by atoms with Crippen molar-refractivity contribution in [3.63, 3.8) is 0 Å². The first kappa shape index (κ1) is 16.2. The number of thiophene rings is 1. The average molecular weight is 325 g/mol. The van der Waals surface area contributed by atoms with Crippen LogP contribution in [0.4, 0.5) is 0 Å². The molecule has 0 radical (unpaired) electrons. The maximum atomic E-state index is 12.0. The van der Waals surface area contributed by atoms with Crippen LogP contribution in [0.5, 0.6) is 0 Å². The molecule has 0 saturated heterocycles. The fraction of sp³-hybridized carbons (Fsp3) is 0.333. The molecule has 1 aromatic heterocycles. The zero-order valence-electron chi connectivity index (χ0n) is 11.8. The second kappa shape index (κ2) is 7.17. The van der Waals surface area contributed by atoms with Crippen molar-refractivity contribution in [2.45, 2.75) is 23.8 Å². The van der Waals surface area contributed by atoms with Crippen LogP contribution in [0.25, 0.3) is 0 Å². The Hall–Kier alpha value is -1.21. The van der Waals surface area contributed by atoms with Gasteiger partial charge in [0.1, 0.15) is 4.21 Å². The van der Waals surface area contributed by atoms with Crippen LogP contribution in [0.3, 0.4) is 0 Å². The molecule has 0 aliphatic carbocycles. The number of hydrogen-bond acceptors (Lipinski definition) is 5. The van der Waals surface area contributed by atoms with Gasteiger partial charge < -0.3 is 10.4 Å². The summed E-state index contributed by atoms with van der Waals surface area (Å²) in [6.45, 7) is 2.89. The fourth-order valence-electron chi connectivity index (χ4n) is 2.02. The van der Waals surface area contributed by atoms with E-state index < -0.39 is 15.9 Å². The molecule has 0 fully saturated rings. The van der Waals surface area contributed by atoms with E-state index in [9.17, 15) is 13.5 Å². The van der Waals surface area contributed by atoms with Gasteiger partial charge in [-0.2, -0.15) is 0 Å². The lowest BCUT2D eigenvalue weighted by atomic mass is 10.1. The van der Waals surface area contributed by atoms with E-state index in [1.807, 2.05) is 31.2 Å². The zero-order chi connectivity index (χ0) is 15.3. The molecule has 6 heteroatoms. The summed E-state index contributed by atoms with van der Waals surface area (Å²) in [5.74, 6) is -0.256. The molecule has 0 aliphatic heterocycles. The van der Waals surface area contributed by atoms with Crippen molar-refractivity contribution in [1.29, 1.82) is 0 Å². The van der Waals surface area contributed by atoms with E-state index >= 15 is 0 Å². The maximum Gasteiger partial charge on any atom is 0.190 e. The van der Waals surface area contributed by atoms with Gasteiger partial charge in [-0.05, 0) is 29.5 Å². The molecule has 0 saturated carbocycles. The molecule has 21 heavy (non-hydrogen) atoms. The van der Waals surface area contributed by atoms with E-state index in [0.29, 0.717) is 10.8 Å². The van der Waals surface area contributed by atoms with Crippen molar-refractivity contribution in [1.82, 2.24) is 5.32 Å². The molecule has 0 bridgehead atoms. The van der Waals surface area contributed by atoms with E-state index in [1.54, 1.807) is 17.5 Å². The largest absolute Gasteiger partial charge is 0.391 e. The summed E-state index contributed by atoms with van der Waals surface area (Å²) in [4.78, 5) is 0. The smallest absolute Gasteiger partial charge is 0.190 e. The van der Waals surface area contributed by atoms with Crippen LogP contribution < -0.4 is 5.32 Å². The molecule has 1 unspecified atom stereocenters. The fourth-order valence-corrected chi connectivity index (χ4v) is 4.50. The number of sulfone groups is 1. The van der Waals surface area contributed by atoms with Crippen molar-refractivity contribution in [2.24, 2.45) is 0 Å². The first-order chi connectivity index (χ1) is 9.99. The molecule has 2 N–H and O–H groups in total. The molecule has 1 heterocycles. The first-order valence-corrected chi connectivity index (χ1v) is 9.22. The molecular weight excluding hydrogens is 306 g/mol. The minimum absolute atomic E-state index is 0.249. The van der Waals surface area contributed by atoms with Crippen LogP contribution >= 0.6 is 11.3 Å². The molecule has 0 spiro atoms. The molecule has 2 rings (SSSR count). The normalized spacial score (nSPS) is 13.2. The van der Waals surface area contributed by atoms with Gasteiger partial charge in [0.2, 0.25) is 0 Å².